The van der Waals surface area contributed by atoms with Crippen molar-refractivity contribution in [2.75, 3.05) is 0 Å². The van der Waals surface area contributed by atoms with Crippen molar-refractivity contribution in [3.05, 3.63) is 40.0 Å². The van der Waals surface area contributed by atoms with Gasteiger partial charge in [0.2, 0.25) is 11.7 Å². The fourth-order valence-electron chi connectivity index (χ4n) is 1.80. The van der Waals surface area contributed by atoms with E-state index in [9.17, 15) is 5.11 Å². The molecule has 0 amide bonds. The molecule has 1 aliphatic rings. The van der Waals surface area contributed by atoms with Gasteiger partial charge in [0.1, 0.15) is 5.75 Å². The van der Waals surface area contributed by atoms with Crippen LogP contribution in [0.2, 0.25) is 0 Å². The average Bonchev–Trinajstić information content (AvgIpc) is 3.17. The maximum absolute atomic E-state index is 9.27. The van der Waals surface area contributed by atoms with Crippen molar-refractivity contribution in [2.24, 2.45) is 0 Å². The predicted molar refractivity (Wildman–Crippen MR) is 70.7 cm³/mol. The monoisotopic (exact) mass is 324 g/mol. The fourth-order valence-corrected chi connectivity index (χ4v) is 2.32. The van der Waals surface area contributed by atoms with Gasteiger partial charge in [0, 0.05) is 11.5 Å². The Bertz CT molecular complexity index is 581. The van der Waals surface area contributed by atoms with Crippen molar-refractivity contribution >= 4 is 15.9 Å². The van der Waals surface area contributed by atoms with Crippen LogP contribution in [0, 0.1) is 0 Å². The number of hydrogen-bond donors (Lipinski definition) is 1. The number of nitrogens with zero attached hydrogens (tertiary/aromatic N) is 2. The van der Waals surface area contributed by atoms with Crippen LogP contribution in [-0.2, 0) is 13.2 Å². The number of hydrogen-bond acceptors (Lipinski definition) is 5. The van der Waals surface area contributed by atoms with Crippen molar-refractivity contribution < 1.29 is 14.4 Å². The summed E-state index contributed by atoms with van der Waals surface area (Å²) in [4.78, 5) is 4.29. The molecule has 6 heteroatoms. The summed E-state index contributed by atoms with van der Waals surface area (Å²) < 4.78 is 11.6. The van der Waals surface area contributed by atoms with Crippen LogP contribution in [0.25, 0.3) is 0 Å². The molecule has 2 aromatic rings. The molecule has 1 heterocycles. The normalized spacial score (nSPS) is 14.6. The first-order chi connectivity index (χ1) is 9.28. The van der Waals surface area contributed by atoms with E-state index < -0.39 is 0 Å². The van der Waals surface area contributed by atoms with Crippen LogP contribution in [0.1, 0.15) is 36.0 Å². The third-order valence-corrected chi connectivity index (χ3v) is 3.60. The van der Waals surface area contributed by atoms with E-state index in [1.165, 1.54) is 0 Å². The van der Waals surface area contributed by atoms with Gasteiger partial charge in [-0.15, -0.1) is 0 Å². The van der Waals surface area contributed by atoms with Gasteiger partial charge >= 0.3 is 0 Å². The highest BCUT2D eigenvalue weighted by Gasteiger charge is 2.29. The largest absolute Gasteiger partial charge is 0.484 e. The van der Waals surface area contributed by atoms with E-state index in [0.717, 1.165) is 22.9 Å². The van der Waals surface area contributed by atoms with E-state index in [1.54, 1.807) is 0 Å². The van der Waals surface area contributed by atoms with Gasteiger partial charge in [-0.2, -0.15) is 4.98 Å². The summed E-state index contributed by atoms with van der Waals surface area (Å²) in [6.45, 7) is 0.153. The van der Waals surface area contributed by atoms with Gasteiger partial charge in [-0.05, 0) is 34.8 Å². The highest BCUT2D eigenvalue weighted by Crippen LogP contribution is 2.39. The third-order valence-electron chi connectivity index (χ3n) is 2.97. The topological polar surface area (TPSA) is 68.4 Å². The second-order valence-electron chi connectivity index (χ2n) is 4.50. The lowest BCUT2D eigenvalue weighted by atomic mass is 10.2. The molecule has 19 heavy (non-hydrogen) atoms. The molecule has 0 atom stereocenters. The molecule has 0 saturated heterocycles. The van der Waals surface area contributed by atoms with Crippen molar-refractivity contribution in [2.45, 2.75) is 32.0 Å². The smallest absolute Gasteiger partial charge is 0.229 e. The Morgan fingerprint density at radius 1 is 1.42 bits per heavy atom. The highest BCUT2D eigenvalue weighted by atomic mass is 79.9. The standard InChI is InChI=1S/C13H13BrN2O3/c14-10-3-1-2-9(6-17)12(10)18-7-11-15-13(19-16-11)8-4-5-8/h1-3,8,17H,4-7H2. The molecular formula is C13H13BrN2O3. The number of para-hydroxylation sites is 1. The molecule has 1 fully saturated rings. The summed E-state index contributed by atoms with van der Waals surface area (Å²) in [7, 11) is 0. The van der Waals surface area contributed by atoms with Gasteiger partial charge in [0.25, 0.3) is 0 Å². The van der Waals surface area contributed by atoms with Gasteiger partial charge in [0.05, 0.1) is 11.1 Å². The predicted octanol–water partition coefficient (Wildman–Crippen LogP) is 2.78. The Morgan fingerprint density at radius 2 is 2.26 bits per heavy atom. The van der Waals surface area contributed by atoms with E-state index in [0.29, 0.717) is 23.4 Å². The SMILES string of the molecule is OCc1cccc(Br)c1OCc1noc(C2CC2)n1. The molecule has 1 aromatic carbocycles. The Morgan fingerprint density at radius 3 is 3.00 bits per heavy atom. The van der Waals surface area contributed by atoms with Crippen LogP contribution in [0.3, 0.4) is 0 Å². The lowest BCUT2D eigenvalue weighted by molar-refractivity contribution is 0.251. The number of aliphatic hydroxyl groups is 1. The van der Waals surface area contributed by atoms with Crippen molar-refractivity contribution in [1.29, 1.82) is 0 Å². The Balaban J connectivity index is 1.71. The maximum Gasteiger partial charge on any atom is 0.229 e. The maximum atomic E-state index is 9.27. The molecule has 1 saturated carbocycles. The molecule has 0 radical (unpaired) electrons. The van der Waals surface area contributed by atoms with E-state index in [-0.39, 0.29) is 13.2 Å². The zero-order valence-corrected chi connectivity index (χ0v) is 11.8. The number of rotatable bonds is 5. The molecule has 0 spiro atoms. The van der Waals surface area contributed by atoms with Crippen LogP contribution in [0.15, 0.2) is 27.2 Å². The number of benzene rings is 1. The van der Waals surface area contributed by atoms with E-state index >= 15 is 0 Å². The summed E-state index contributed by atoms with van der Waals surface area (Å²) in [5.74, 6) is 2.29. The van der Waals surface area contributed by atoms with E-state index in [2.05, 4.69) is 26.1 Å². The molecular weight excluding hydrogens is 312 g/mol. The summed E-state index contributed by atoms with van der Waals surface area (Å²) in [5.41, 5.74) is 0.722. The Kier molecular flexibility index (Phi) is 3.52. The molecule has 0 unspecified atom stereocenters. The first-order valence-corrected chi connectivity index (χ1v) is 6.90. The summed E-state index contributed by atoms with van der Waals surface area (Å²) >= 11 is 3.40. The lowest BCUT2D eigenvalue weighted by Crippen LogP contribution is -2.01. The van der Waals surface area contributed by atoms with Crippen LogP contribution in [-0.4, -0.2) is 15.2 Å². The second kappa shape index (κ2) is 5.30. The van der Waals surface area contributed by atoms with Gasteiger partial charge in [-0.3, -0.25) is 0 Å². The minimum atomic E-state index is -0.0751. The summed E-state index contributed by atoms with van der Waals surface area (Å²) in [6.07, 6.45) is 2.25. The molecule has 3 rings (SSSR count). The molecule has 1 N–H and O–H groups in total. The van der Waals surface area contributed by atoms with Gasteiger partial charge < -0.3 is 14.4 Å². The van der Waals surface area contributed by atoms with Crippen LogP contribution in [0.5, 0.6) is 5.75 Å². The van der Waals surface area contributed by atoms with E-state index in [1.807, 2.05) is 18.2 Å². The zero-order chi connectivity index (χ0) is 13.2. The molecule has 100 valence electrons. The molecule has 0 aliphatic heterocycles. The fraction of sp³-hybridized carbons (Fsp3) is 0.385. The first kappa shape index (κ1) is 12.6. The van der Waals surface area contributed by atoms with Crippen LogP contribution in [0.4, 0.5) is 0 Å². The molecule has 5 nitrogen and oxygen atoms in total. The molecule has 1 aromatic heterocycles. The summed E-state index contributed by atoms with van der Waals surface area (Å²) in [6, 6.07) is 5.52. The number of ether oxygens (including phenoxy) is 1. The zero-order valence-electron chi connectivity index (χ0n) is 10.2. The van der Waals surface area contributed by atoms with Crippen LogP contribution < -0.4 is 4.74 Å². The Labute approximate surface area is 118 Å². The average molecular weight is 325 g/mol. The van der Waals surface area contributed by atoms with Gasteiger partial charge in [0.15, 0.2) is 6.61 Å². The number of aromatic nitrogens is 2. The van der Waals surface area contributed by atoms with E-state index in [4.69, 9.17) is 9.26 Å². The van der Waals surface area contributed by atoms with Gasteiger partial charge in [-0.1, -0.05) is 17.3 Å². The third kappa shape index (κ3) is 2.79. The van der Waals surface area contributed by atoms with Crippen molar-refractivity contribution in [1.82, 2.24) is 10.1 Å². The van der Waals surface area contributed by atoms with Crippen molar-refractivity contribution in [3.8, 4) is 5.75 Å². The minimum absolute atomic E-state index is 0.0751. The first-order valence-electron chi connectivity index (χ1n) is 6.11. The second-order valence-corrected chi connectivity index (χ2v) is 5.35. The highest BCUT2D eigenvalue weighted by molar-refractivity contribution is 9.10. The Hall–Kier alpha value is -1.40. The molecule has 1 aliphatic carbocycles. The number of halogens is 1. The number of aliphatic hydroxyl groups excluding tert-OH is 1. The molecule has 0 bridgehead atoms. The minimum Gasteiger partial charge on any atom is -0.484 e. The quantitative estimate of drug-likeness (QED) is 0.915. The lowest BCUT2D eigenvalue weighted by Gasteiger charge is -2.10. The summed E-state index contributed by atoms with van der Waals surface area (Å²) in [5, 5.41) is 13.2. The van der Waals surface area contributed by atoms with Gasteiger partial charge in [-0.25, -0.2) is 0 Å². The van der Waals surface area contributed by atoms with Crippen LogP contribution >= 0.6 is 15.9 Å². The van der Waals surface area contributed by atoms with Crippen molar-refractivity contribution in [3.63, 3.8) is 0 Å².